The molecule has 1 aromatic rings. The first kappa shape index (κ1) is 13.9. The molecule has 1 aliphatic rings. The summed E-state index contributed by atoms with van der Waals surface area (Å²) in [5.41, 5.74) is 0. The molecule has 0 bridgehead atoms. The van der Waals surface area contributed by atoms with Crippen molar-refractivity contribution >= 4 is 5.97 Å². The zero-order valence-electron chi connectivity index (χ0n) is 11.3. The van der Waals surface area contributed by atoms with Crippen molar-refractivity contribution < 1.29 is 14.6 Å². The highest BCUT2D eigenvalue weighted by Gasteiger charge is 2.28. The van der Waals surface area contributed by atoms with Crippen LogP contribution in [0, 0.1) is 0 Å². The van der Waals surface area contributed by atoms with E-state index in [4.69, 9.17) is 9.84 Å². The molecule has 4 nitrogen and oxygen atoms in total. The Bertz CT molecular complexity index is 399. The topological polar surface area (TPSA) is 49.8 Å². The second-order valence-corrected chi connectivity index (χ2v) is 4.93. The van der Waals surface area contributed by atoms with Crippen molar-refractivity contribution in [1.82, 2.24) is 4.90 Å². The predicted octanol–water partition coefficient (Wildman–Crippen LogP) is 2.39. The van der Waals surface area contributed by atoms with Crippen molar-refractivity contribution in [2.75, 3.05) is 13.1 Å². The number of hydrogen-bond donors (Lipinski definition) is 1. The van der Waals surface area contributed by atoms with E-state index in [1.54, 1.807) is 0 Å². The van der Waals surface area contributed by atoms with Crippen LogP contribution in [0.5, 0.6) is 5.75 Å². The van der Waals surface area contributed by atoms with Crippen molar-refractivity contribution in [3.05, 3.63) is 30.3 Å². The Hall–Kier alpha value is -1.55. The maximum atomic E-state index is 11.1. The lowest BCUT2D eigenvalue weighted by Gasteiger charge is -2.35. The summed E-state index contributed by atoms with van der Waals surface area (Å²) in [5, 5.41) is 9.15. The van der Waals surface area contributed by atoms with Crippen molar-refractivity contribution in [3.63, 3.8) is 0 Å². The van der Waals surface area contributed by atoms with Gasteiger partial charge in [0, 0.05) is 13.1 Å². The molecule has 104 valence electrons. The first-order valence-electron chi connectivity index (χ1n) is 6.89. The lowest BCUT2D eigenvalue weighted by atomic mass is 10.0. The average Bonchev–Trinajstić information content (AvgIpc) is 2.42. The minimum atomic E-state index is -0.718. The molecule has 1 saturated heterocycles. The maximum absolute atomic E-state index is 11.1. The van der Waals surface area contributed by atoms with E-state index in [1.165, 1.54) is 0 Å². The Kier molecular flexibility index (Phi) is 4.80. The number of carboxylic acid groups (broad SMARTS) is 1. The van der Waals surface area contributed by atoms with Gasteiger partial charge in [0.05, 0.1) is 0 Å². The summed E-state index contributed by atoms with van der Waals surface area (Å²) in [7, 11) is 0. The molecule has 0 spiro atoms. The van der Waals surface area contributed by atoms with Gasteiger partial charge in [-0.05, 0) is 31.4 Å². The van der Waals surface area contributed by atoms with Gasteiger partial charge < -0.3 is 9.84 Å². The monoisotopic (exact) mass is 263 g/mol. The number of piperidine rings is 1. The van der Waals surface area contributed by atoms with Gasteiger partial charge in [-0.15, -0.1) is 0 Å². The lowest BCUT2D eigenvalue weighted by Crippen LogP contribution is -2.47. The van der Waals surface area contributed by atoms with Crippen LogP contribution in [0.3, 0.4) is 0 Å². The van der Waals surface area contributed by atoms with Crippen molar-refractivity contribution in [2.24, 2.45) is 0 Å². The molecule has 0 saturated carbocycles. The second kappa shape index (κ2) is 6.57. The number of hydrogen-bond acceptors (Lipinski definition) is 3. The number of nitrogens with zero attached hydrogens (tertiary/aromatic N) is 1. The Labute approximate surface area is 114 Å². The number of ether oxygens (including phenoxy) is 1. The number of likely N-dealkylation sites (tertiary alicyclic amines) is 1. The number of aliphatic carboxylic acids is 1. The van der Waals surface area contributed by atoms with Gasteiger partial charge >= 0.3 is 5.97 Å². The fraction of sp³-hybridized carbons (Fsp3) is 0.533. The first-order valence-corrected chi connectivity index (χ1v) is 6.89. The zero-order valence-corrected chi connectivity index (χ0v) is 11.3. The van der Waals surface area contributed by atoms with Gasteiger partial charge in [-0.2, -0.15) is 0 Å². The van der Waals surface area contributed by atoms with E-state index >= 15 is 0 Å². The normalized spacial score (nSPS) is 19.0. The van der Waals surface area contributed by atoms with Gasteiger partial charge in [0.25, 0.3) is 0 Å². The highest BCUT2D eigenvalue weighted by molar-refractivity contribution is 5.73. The Morgan fingerprint density at radius 3 is 2.53 bits per heavy atom. The third kappa shape index (κ3) is 3.70. The van der Waals surface area contributed by atoms with Crippen LogP contribution in [0.4, 0.5) is 0 Å². The van der Waals surface area contributed by atoms with Crippen LogP contribution in [-0.4, -0.2) is 41.2 Å². The minimum Gasteiger partial charge on any atom is -0.490 e. The van der Waals surface area contributed by atoms with Crippen LogP contribution in [0.1, 0.15) is 26.2 Å². The molecule has 1 N–H and O–H groups in total. The fourth-order valence-electron chi connectivity index (χ4n) is 2.59. The summed E-state index contributed by atoms with van der Waals surface area (Å²) >= 11 is 0. The van der Waals surface area contributed by atoms with Crippen molar-refractivity contribution in [1.29, 1.82) is 0 Å². The summed E-state index contributed by atoms with van der Waals surface area (Å²) in [4.78, 5) is 13.2. The number of rotatable bonds is 5. The highest BCUT2D eigenvalue weighted by atomic mass is 16.5. The largest absolute Gasteiger partial charge is 0.490 e. The maximum Gasteiger partial charge on any atom is 0.320 e. The molecule has 1 heterocycles. The van der Waals surface area contributed by atoms with Crippen molar-refractivity contribution in [3.8, 4) is 5.75 Å². The molecular formula is C15H21NO3. The molecule has 1 aliphatic heterocycles. The van der Waals surface area contributed by atoms with E-state index in [-0.39, 0.29) is 12.1 Å². The fourth-order valence-corrected chi connectivity index (χ4v) is 2.59. The smallest absolute Gasteiger partial charge is 0.320 e. The van der Waals surface area contributed by atoms with E-state index in [9.17, 15) is 4.79 Å². The Morgan fingerprint density at radius 1 is 1.37 bits per heavy atom. The van der Waals surface area contributed by atoms with E-state index in [2.05, 4.69) is 0 Å². The minimum absolute atomic E-state index is 0.199. The van der Waals surface area contributed by atoms with Gasteiger partial charge in [0.1, 0.15) is 17.9 Å². The quantitative estimate of drug-likeness (QED) is 0.886. The van der Waals surface area contributed by atoms with Crippen LogP contribution in [0.25, 0.3) is 0 Å². The number of carboxylic acids is 1. The summed E-state index contributed by atoms with van der Waals surface area (Å²) in [6, 6.07) is 9.45. The number of para-hydroxylation sites is 1. The van der Waals surface area contributed by atoms with Gasteiger partial charge in [0.2, 0.25) is 0 Å². The van der Waals surface area contributed by atoms with Crippen LogP contribution < -0.4 is 4.74 Å². The second-order valence-electron chi connectivity index (χ2n) is 4.93. The molecule has 1 aromatic carbocycles. The zero-order chi connectivity index (χ0) is 13.7. The molecule has 19 heavy (non-hydrogen) atoms. The highest BCUT2D eigenvalue weighted by Crippen LogP contribution is 2.20. The van der Waals surface area contributed by atoms with Crippen LogP contribution in [0.15, 0.2) is 30.3 Å². The molecule has 0 aromatic heterocycles. The van der Waals surface area contributed by atoms with E-state index in [0.717, 1.165) is 31.7 Å². The predicted molar refractivity (Wildman–Crippen MR) is 73.4 cm³/mol. The first-order chi connectivity index (χ1) is 9.20. The molecule has 0 aliphatic carbocycles. The lowest BCUT2D eigenvalue weighted by molar-refractivity contribution is -0.144. The van der Waals surface area contributed by atoms with Crippen LogP contribution in [0.2, 0.25) is 0 Å². The number of carbonyl (C=O) groups is 1. The summed E-state index contributed by atoms with van der Waals surface area (Å²) in [6.45, 7) is 3.51. The third-order valence-electron chi connectivity index (χ3n) is 3.64. The van der Waals surface area contributed by atoms with Gasteiger partial charge in [-0.1, -0.05) is 25.1 Å². The van der Waals surface area contributed by atoms with E-state index in [0.29, 0.717) is 6.42 Å². The molecule has 1 fully saturated rings. The van der Waals surface area contributed by atoms with Crippen LogP contribution in [-0.2, 0) is 4.79 Å². The van der Waals surface area contributed by atoms with Crippen LogP contribution >= 0.6 is 0 Å². The molecular weight excluding hydrogens is 242 g/mol. The molecule has 0 radical (unpaired) electrons. The molecule has 1 atom stereocenters. The van der Waals surface area contributed by atoms with E-state index < -0.39 is 5.97 Å². The average molecular weight is 263 g/mol. The van der Waals surface area contributed by atoms with Crippen molar-refractivity contribution in [2.45, 2.75) is 38.3 Å². The number of benzene rings is 1. The summed E-state index contributed by atoms with van der Waals surface area (Å²) in [5.74, 6) is 0.177. The standard InChI is InChI=1S/C15H21NO3/c1-2-14(15(17)18)16-10-8-13(9-11-16)19-12-6-4-3-5-7-12/h3-7,13-14H,2,8-11H2,1H3,(H,17,18). The molecule has 4 heteroatoms. The van der Waals surface area contributed by atoms with E-state index in [1.807, 2.05) is 42.2 Å². The summed E-state index contributed by atoms with van der Waals surface area (Å²) < 4.78 is 5.90. The molecule has 2 rings (SSSR count). The third-order valence-corrected chi connectivity index (χ3v) is 3.64. The summed E-state index contributed by atoms with van der Waals surface area (Å²) in [6.07, 6.45) is 2.63. The van der Waals surface area contributed by atoms with Gasteiger partial charge in [-0.25, -0.2) is 0 Å². The Balaban J connectivity index is 1.84. The molecule has 0 amide bonds. The molecule has 1 unspecified atom stereocenters. The Morgan fingerprint density at radius 2 is 2.00 bits per heavy atom. The van der Waals surface area contributed by atoms with Gasteiger partial charge in [-0.3, -0.25) is 9.69 Å². The SMILES string of the molecule is CCC(C(=O)O)N1CCC(Oc2ccccc2)CC1. The van der Waals surface area contributed by atoms with Gasteiger partial charge in [0.15, 0.2) is 0 Å².